The fourth-order valence-electron chi connectivity index (χ4n) is 9.02. The predicted octanol–water partition coefficient (Wildman–Crippen LogP) is 12.4. The second kappa shape index (κ2) is 25.3. The van der Waals surface area contributed by atoms with Crippen molar-refractivity contribution in [3.05, 3.63) is 199 Å². The summed E-state index contributed by atoms with van der Waals surface area (Å²) in [5, 5.41) is 46.9. The van der Waals surface area contributed by atoms with Gasteiger partial charge in [0.1, 0.15) is 0 Å². The molecular weight excluding hydrogens is 1520 g/mol. The molecule has 84 heavy (non-hydrogen) atoms. The van der Waals surface area contributed by atoms with Crippen molar-refractivity contribution in [3.8, 4) is 19.5 Å². The van der Waals surface area contributed by atoms with Crippen LogP contribution in [0.25, 0.3) is 19.5 Å². The molecule has 0 radical (unpaired) electrons. The highest BCUT2D eigenvalue weighted by Gasteiger charge is 2.40. The largest absolute Gasteiger partial charge is 0.289 e. The highest BCUT2D eigenvalue weighted by Crippen LogP contribution is 2.48. The van der Waals surface area contributed by atoms with Crippen LogP contribution in [0.5, 0.6) is 0 Å². The molecule has 0 unspecified atom stereocenters. The number of nitrogens with zero attached hydrogens (tertiary/aromatic N) is 8. The Morgan fingerprint density at radius 2 is 0.512 bits per heavy atom. The topological polar surface area (TPSA) is 322 Å². The van der Waals surface area contributed by atoms with Gasteiger partial charge in [0.15, 0.2) is 19.6 Å². The Labute approximate surface area is 527 Å². The summed E-state index contributed by atoms with van der Waals surface area (Å²) < 4.78 is 119. The minimum Gasteiger partial charge on any atom is -0.258 e. The van der Waals surface area contributed by atoms with Crippen molar-refractivity contribution >= 4 is 172 Å². The first-order chi connectivity index (χ1) is 39.6. The number of hydrogen-bond donors (Lipinski definition) is 0. The normalized spacial score (nSPS) is 15.1. The van der Waals surface area contributed by atoms with Gasteiger partial charge >= 0.3 is 0 Å². The molecular formula is C48H36Br4N8O16S8. The second-order valence-electron chi connectivity index (χ2n) is 17.9. The monoisotopic (exact) mass is 1550 g/mol. The standard InChI is InChI=1S/2C24H18Br2N4O8S4/c2*25-21-11-15-13-27(41(35,36)19-7-3-1-5-17(19)29(31)32)9-10-28(14-16-12-22(26)40-24(16)23(15)39-21)42(37,38)20-8-4-2-6-18(20)30(33)34/h2*1-8,11-12H,9-10,13-14H2. The van der Waals surface area contributed by atoms with E-state index in [9.17, 15) is 74.1 Å². The summed E-state index contributed by atoms with van der Waals surface area (Å²) in [6, 6.07) is 26.8. The molecule has 0 N–H and O–H groups in total. The minimum absolute atomic E-state index is 0.208. The Balaban J connectivity index is 0.000000202. The van der Waals surface area contributed by atoms with Gasteiger partial charge < -0.3 is 0 Å². The molecule has 440 valence electrons. The molecule has 4 aromatic heterocycles. The lowest BCUT2D eigenvalue weighted by Crippen LogP contribution is -2.41. The molecule has 0 fully saturated rings. The zero-order chi connectivity index (χ0) is 60.8. The maximum atomic E-state index is 14.0. The van der Waals surface area contributed by atoms with Gasteiger partial charge in [0.25, 0.3) is 22.7 Å². The van der Waals surface area contributed by atoms with Crippen LogP contribution in [0.2, 0.25) is 0 Å². The van der Waals surface area contributed by atoms with Crippen LogP contribution in [0.3, 0.4) is 0 Å². The van der Waals surface area contributed by atoms with Gasteiger partial charge in [-0.25, -0.2) is 33.7 Å². The number of nitro groups is 4. The number of benzene rings is 4. The van der Waals surface area contributed by atoms with Crippen LogP contribution in [-0.4, -0.2) is 96.8 Å². The molecule has 0 aliphatic carbocycles. The van der Waals surface area contributed by atoms with Crippen molar-refractivity contribution in [1.29, 1.82) is 0 Å². The lowest BCUT2D eigenvalue weighted by atomic mass is 10.1. The molecule has 0 saturated heterocycles. The lowest BCUT2D eigenvalue weighted by Gasteiger charge is -2.28. The molecule has 6 heterocycles. The van der Waals surface area contributed by atoms with Gasteiger partial charge in [-0.05, 0) is 135 Å². The summed E-state index contributed by atoms with van der Waals surface area (Å²) >= 11 is 19.2. The number of para-hydroxylation sites is 4. The van der Waals surface area contributed by atoms with E-state index in [-0.39, 0.29) is 52.4 Å². The van der Waals surface area contributed by atoms with Crippen molar-refractivity contribution in [3.63, 3.8) is 0 Å². The molecule has 0 amide bonds. The Kier molecular flexibility index (Phi) is 19.1. The summed E-state index contributed by atoms with van der Waals surface area (Å²) in [6.07, 6.45) is 0. The molecule has 36 heteroatoms. The van der Waals surface area contributed by atoms with Crippen LogP contribution in [0.1, 0.15) is 22.3 Å². The van der Waals surface area contributed by atoms with E-state index in [4.69, 9.17) is 0 Å². The average Bonchev–Trinajstić information content (AvgIpc) is 1.74. The molecule has 24 nitrogen and oxygen atoms in total. The first-order valence-corrected chi connectivity index (χ1v) is 35.9. The van der Waals surface area contributed by atoms with Crippen molar-refractivity contribution < 1.29 is 53.4 Å². The summed E-state index contributed by atoms with van der Waals surface area (Å²) in [4.78, 5) is 44.4. The zero-order valence-corrected chi connectivity index (χ0v) is 55.0. The van der Waals surface area contributed by atoms with Crippen molar-refractivity contribution in [1.82, 2.24) is 17.2 Å². The molecule has 8 aromatic rings. The quantitative estimate of drug-likeness (QED) is 0.0810. The highest BCUT2D eigenvalue weighted by molar-refractivity contribution is 9.11. The summed E-state index contributed by atoms with van der Waals surface area (Å²) in [7, 11) is -18.1. The van der Waals surface area contributed by atoms with E-state index in [1.807, 2.05) is 0 Å². The van der Waals surface area contributed by atoms with Gasteiger partial charge in [-0.2, -0.15) is 17.2 Å². The van der Waals surface area contributed by atoms with Gasteiger partial charge in [-0.15, -0.1) is 45.3 Å². The van der Waals surface area contributed by atoms with Crippen molar-refractivity contribution in [2.75, 3.05) is 26.2 Å². The maximum Gasteiger partial charge on any atom is 0.289 e. The fourth-order valence-corrected chi connectivity index (χ4v) is 22.3. The highest BCUT2D eigenvalue weighted by atomic mass is 79.9. The second-order valence-corrected chi connectivity index (χ2v) is 35.2. The van der Waals surface area contributed by atoms with Crippen LogP contribution in [-0.2, 0) is 66.3 Å². The first kappa shape index (κ1) is 63.3. The third-order valence-electron chi connectivity index (χ3n) is 12.8. The summed E-state index contributed by atoms with van der Waals surface area (Å²) in [5.41, 5.74) is 0.0364. The number of hydrogen-bond acceptors (Lipinski definition) is 20. The molecule has 2 aliphatic rings. The Bertz CT molecular complexity index is 3890. The fraction of sp³-hybridized carbons (Fsp3) is 0.167. The molecule has 0 saturated carbocycles. The lowest BCUT2D eigenvalue weighted by molar-refractivity contribution is -0.388. The molecule has 10 rings (SSSR count). The van der Waals surface area contributed by atoms with E-state index in [0.29, 0.717) is 56.9 Å². The van der Waals surface area contributed by atoms with Crippen LogP contribution >= 0.6 is 109 Å². The molecule has 4 aromatic carbocycles. The molecule has 0 spiro atoms. The number of sulfonamides is 4. The number of rotatable bonds is 12. The van der Waals surface area contributed by atoms with Crippen LogP contribution in [0.15, 0.2) is 156 Å². The molecule has 0 bridgehead atoms. The Hall–Kier alpha value is -5.16. The Morgan fingerprint density at radius 1 is 0.333 bits per heavy atom. The van der Waals surface area contributed by atoms with Gasteiger partial charge in [0.2, 0.25) is 40.1 Å². The number of thiophene rings is 4. The van der Waals surface area contributed by atoms with E-state index in [1.54, 1.807) is 24.3 Å². The maximum absolute atomic E-state index is 14.0. The Morgan fingerprint density at radius 3 is 0.690 bits per heavy atom. The summed E-state index contributed by atoms with van der Waals surface area (Å²) in [6.45, 7) is -2.38. The van der Waals surface area contributed by atoms with Crippen LogP contribution in [0, 0.1) is 40.5 Å². The smallest absolute Gasteiger partial charge is 0.258 e. The van der Waals surface area contributed by atoms with E-state index in [1.165, 1.54) is 93.9 Å². The van der Waals surface area contributed by atoms with E-state index < -0.39 is 102 Å². The summed E-state index contributed by atoms with van der Waals surface area (Å²) in [5.74, 6) is 0. The SMILES string of the molecule is O=[N+]([O-])c1ccccc1S(=O)(=O)N1CCN(S(=O)(=O)c2ccccc2[N+](=O)[O-])Cc2cc(Br)sc2-c2sc(Br)cc2C1.O=[N+]([O-])c1ccccc1S(=O)(=O)N1CCN(S(=O)(=O)c2ccccc2[N+](=O)[O-])Cc2cc(Br)sc2-c2sc(Br)cc2C1. The van der Waals surface area contributed by atoms with Crippen molar-refractivity contribution in [2.24, 2.45) is 0 Å². The average molecular weight is 1560 g/mol. The number of nitro benzene ring substituents is 4. The first-order valence-electron chi connectivity index (χ1n) is 23.7. The van der Waals surface area contributed by atoms with E-state index in [0.717, 1.165) is 65.8 Å². The van der Waals surface area contributed by atoms with Crippen LogP contribution in [0.4, 0.5) is 22.7 Å². The minimum atomic E-state index is -4.52. The third-order valence-corrected chi connectivity index (χ3v) is 27.5. The van der Waals surface area contributed by atoms with Gasteiger partial charge in [0, 0.05) is 76.6 Å². The van der Waals surface area contributed by atoms with Gasteiger partial charge in [-0.1, -0.05) is 48.5 Å². The zero-order valence-electron chi connectivity index (χ0n) is 42.1. The molecule has 2 aliphatic heterocycles. The molecule has 0 atom stereocenters. The predicted molar refractivity (Wildman–Crippen MR) is 329 cm³/mol. The van der Waals surface area contributed by atoms with Gasteiger partial charge in [0.05, 0.1) is 54.3 Å². The van der Waals surface area contributed by atoms with Crippen LogP contribution < -0.4 is 0 Å². The number of fused-ring (bicyclic) bond motifs is 6. The van der Waals surface area contributed by atoms with E-state index >= 15 is 0 Å². The number of halogens is 4. The van der Waals surface area contributed by atoms with Crippen molar-refractivity contribution in [2.45, 2.75) is 45.8 Å². The third kappa shape index (κ3) is 12.9. The van der Waals surface area contributed by atoms with E-state index in [2.05, 4.69) is 63.7 Å². The van der Waals surface area contributed by atoms with Gasteiger partial charge in [-0.3, -0.25) is 40.5 Å².